The number of nitrogen functional groups attached to an aromatic ring is 1. The predicted octanol–water partition coefficient (Wildman–Crippen LogP) is 2.87. The van der Waals surface area contributed by atoms with E-state index in [0.717, 1.165) is 11.1 Å². The van der Waals surface area contributed by atoms with Crippen LogP contribution >= 0.6 is 11.6 Å². The lowest BCUT2D eigenvalue weighted by Gasteiger charge is -2.09. The van der Waals surface area contributed by atoms with Gasteiger partial charge in [0.1, 0.15) is 0 Å². The van der Waals surface area contributed by atoms with E-state index in [1.807, 2.05) is 32.9 Å². The summed E-state index contributed by atoms with van der Waals surface area (Å²) in [5, 5.41) is 0.655. The van der Waals surface area contributed by atoms with Crippen molar-refractivity contribution in [3.8, 4) is 17.4 Å². The Bertz CT molecular complexity index is 601. The van der Waals surface area contributed by atoms with Crippen molar-refractivity contribution in [3.05, 3.63) is 28.8 Å². The Hall–Kier alpha value is -1.88. The van der Waals surface area contributed by atoms with E-state index in [-0.39, 0.29) is 18.1 Å². The number of rotatable bonds is 3. The molecule has 100 valence electrons. The van der Waals surface area contributed by atoms with Crippen LogP contribution in [0.4, 0.5) is 5.95 Å². The van der Waals surface area contributed by atoms with Crippen molar-refractivity contribution < 1.29 is 4.74 Å². The average Bonchev–Trinajstić information content (AvgIpc) is 2.31. The van der Waals surface area contributed by atoms with E-state index in [4.69, 9.17) is 22.1 Å². The lowest BCUT2D eigenvalue weighted by Crippen LogP contribution is -2.11. The minimum atomic E-state index is -0.0312. The van der Waals surface area contributed by atoms with E-state index in [0.29, 0.717) is 10.8 Å². The first-order valence-corrected chi connectivity index (χ1v) is 6.28. The summed E-state index contributed by atoms with van der Waals surface area (Å²) in [6.07, 6.45) is -0.0312. The second-order valence-corrected chi connectivity index (χ2v) is 4.84. The van der Waals surface area contributed by atoms with Crippen LogP contribution in [-0.4, -0.2) is 21.1 Å². The largest absolute Gasteiger partial charge is 0.461 e. The zero-order valence-electron chi connectivity index (χ0n) is 11.0. The Kier molecular flexibility index (Phi) is 3.85. The van der Waals surface area contributed by atoms with E-state index < -0.39 is 0 Å². The third-order valence-corrected chi connectivity index (χ3v) is 2.81. The van der Waals surface area contributed by atoms with Gasteiger partial charge in [0.2, 0.25) is 5.95 Å². The van der Waals surface area contributed by atoms with Crippen molar-refractivity contribution in [2.24, 2.45) is 0 Å². The number of aryl methyl sites for hydroxylation is 1. The number of hydrogen-bond acceptors (Lipinski definition) is 5. The SMILES string of the molecule is Cc1ccc(-c2nc(N)nc(OC(C)C)n2)cc1Cl. The summed E-state index contributed by atoms with van der Waals surface area (Å²) < 4.78 is 5.44. The number of halogens is 1. The molecule has 5 nitrogen and oxygen atoms in total. The fourth-order valence-corrected chi connectivity index (χ4v) is 1.68. The van der Waals surface area contributed by atoms with Crippen LogP contribution in [0.3, 0.4) is 0 Å². The second kappa shape index (κ2) is 5.40. The number of anilines is 1. The molecule has 0 atom stereocenters. The van der Waals surface area contributed by atoms with Gasteiger partial charge >= 0.3 is 6.01 Å². The molecule has 0 aliphatic carbocycles. The Balaban J connectivity index is 2.43. The third-order valence-electron chi connectivity index (χ3n) is 2.40. The van der Waals surface area contributed by atoms with Gasteiger partial charge in [-0.05, 0) is 32.4 Å². The first kappa shape index (κ1) is 13.5. The molecule has 0 spiro atoms. The van der Waals surface area contributed by atoms with Crippen molar-refractivity contribution in [1.29, 1.82) is 0 Å². The summed E-state index contributed by atoms with van der Waals surface area (Å²) >= 11 is 6.09. The molecule has 0 amide bonds. The zero-order chi connectivity index (χ0) is 14.0. The van der Waals surface area contributed by atoms with Crippen LogP contribution < -0.4 is 10.5 Å². The molecule has 0 bridgehead atoms. The summed E-state index contributed by atoms with van der Waals surface area (Å²) in [6.45, 7) is 5.71. The molecule has 0 aliphatic rings. The van der Waals surface area contributed by atoms with Gasteiger partial charge in [0.15, 0.2) is 5.82 Å². The molecule has 0 fully saturated rings. The van der Waals surface area contributed by atoms with Gasteiger partial charge in [-0.3, -0.25) is 0 Å². The zero-order valence-corrected chi connectivity index (χ0v) is 11.8. The highest BCUT2D eigenvalue weighted by molar-refractivity contribution is 6.31. The summed E-state index contributed by atoms with van der Waals surface area (Å²) in [4.78, 5) is 12.3. The number of nitrogens with two attached hydrogens (primary N) is 1. The topological polar surface area (TPSA) is 73.9 Å². The van der Waals surface area contributed by atoms with E-state index in [2.05, 4.69) is 15.0 Å². The van der Waals surface area contributed by atoms with Crippen molar-refractivity contribution in [3.63, 3.8) is 0 Å². The minimum absolute atomic E-state index is 0.0312. The number of benzene rings is 1. The molecule has 0 aliphatic heterocycles. The molecule has 1 aromatic carbocycles. The van der Waals surface area contributed by atoms with Gasteiger partial charge in [-0.15, -0.1) is 0 Å². The maximum atomic E-state index is 6.09. The third kappa shape index (κ3) is 3.32. The normalized spacial score (nSPS) is 10.8. The predicted molar refractivity (Wildman–Crippen MR) is 75.2 cm³/mol. The van der Waals surface area contributed by atoms with Crippen LogP contribution in [0, 0.1) is 6.92 Å². The van der Waals surface area contributed by atoms with E-state index in [1.54, 1.807) is 6.07 Å². The van der Waals surface area contributed by atoms with Gasteiger partial charge in [0.25, 0.3) is 0 Å². The number of ether oxygens (including phenoxy) is 1. The lowest BCUT2D eigenvalue weighted by atomic mass is 10.1. The van der Waals surface area contributed by atoms with Gasteiger partial charge in [-0.2, -0.15) is 15.0 Å². The van der Waals surface area contributed by atoms with E-state index in [9.17, 15) is 0 Å². The molecule has 1 aromatic heterocycles. The number of aromatic nitrogens is 3. The maximum Gasteiger partial charge on any atom is 0.322 e. The molecule has 6 heteroatoms. The molecule has 2 rings (SSSR count). The van der Waals surface area contributed by atoms with Crippen LogP contribution in [0.1, 0.15) is 19.4 Å². The molecular formula is C13H15ClN4O. The van der Waals surface area contributed by atoms with Crippen LogP contribution in [0.2, 0.25) is 5.02 Å². The molecule has 0 radical (unpaired) electrons. The fourth-order valence-electron chi connectivity index (χ4n) is 1.50. The first-order chi connectivity index (χ1) is 8.95. The second-order valence-electron chi connectivity index (χ2n) is 4.43. The highest BCUT2D eigenvalue weighted by Crippen LogP contribution is 2.24. The quantitative estimate of drug-likeness (QED) is 0.934. The molecule has 2 N–H and O–H groups in total. The standard InChI is InChI=1S/C13H15ClN4O/c1-7(2)19-13-17-11(16-12(15)18-13)9-5-4-8(3)10(14)6-9/h4-7H,1-3H3,(H2,15,16,17,18). The molecule has 19 heavy (non-hydrogen) atoms. The Morgan fingerprint density at radius 1 is 1.21 bits per heavy atom. The van der Waals surface area contributed by atoms with Crippen LogP contribution in [0.15, 0.2) is 18.2 Å². The van der Waals surface area contributed by atoms with Crippen molar-refractivity contribution in [2.75, 3.05) is 5.73 Å². The molecule has 0 saturated heterocycles. The smallest absolute Gasteiger partial charge is 0.322 e. The number of hydrogen-bond donors (Lipinski definition) is 1. The maximum absolute atomic E-state index is 6.09. The summed E-state index contributed by atoms with van der Waals surface area (Å²) in [7, 11) is 0. The Morgan fingerprint density at radius 2 is 1.95 bits per heavy atom. The van der Waals surface area contributed by atoms with Crippen molar-refractivity contribution >= 4 is 17.5 Å². The van der Waals surface area contributed by atoms with E-state index >= 15 is 0 Å². The molecule has 0 saturated carbocycles. The van der Waals surface area contributed by atoms with Crippen LogP contribution in [0.5, 0.6) is 6.01 Å². The van der Waals surface area contributed by atoms with Crippen molar-refractivity contribution in [2.45, 2.75) is 26.9 Å². The summed E-state index contributed by atoms with van der Waals surface area (Å²) in [5.74, 6) is 0.572. The number of nitrogens with zero attached hydrogens (tertiary/aromatic N) is 3. The first-order valence-electron chi connectivity index (χ1n) is 5.90. The highest BCUT2D eigenvalue weighted by atomic mass is 35.5. The monoisotopic (exact) mass is 278 g/mol. The van der Waals surface area contributed by atoms with Crippen LogP contribution in [-0.2, 0) is 0 Å². The van der Waals surface area contributed by atoms with Gasteiger partial charge < -0.3 is 10.5 Å². The fraction of sp³-hybridized carbons (Fsp3) is 0.308. The molecule has 0 unspecified atom stereocenters. The Labute approximate surface area is 116 Å². The van der Waals surface area contributed by atoms with Gasteiger partial charge in [-0.1, -0.05) is 23.7 Å². The molecular weight excluding hydrogens is 264 g/mol. The minimum Gasteiger partial charge on any atom is -0.461 e. The molecule has 2 aromatic rings. The van der Waals surface area contributed by atoms with Gasteiger partial charge in [0, 0.05) is 10.6 Å². The van der Waals surface area contributed by atoms with Gasteiger partial charge in [-0.25, -0.2) is 0 Å². The van der Waals surface area contributed by atoms with E-state index in [1.165, 1.54) is 0 Å². The summed E-state index contributed by atoms with van der Waals surface area (Å²) in [5.41, 5.74) is 7.43. The average molecular weight is 279 g/mol. The lowest BCUT2D eigenvalue weighted by molar-refractivity contribution is 0.222. The van der Waals surface area contributed by atoms with Crippen LogP contribution in [0.25, 0.3) is 11.4 Å². The molecule has 1 heterocycles. The Morgan fingerprint density at radius 3 is 2.58 bits per heavy atom. The van der Waals surface area contributed by atoms with Gasteiger partial charge in [0.05, 0.1) is 6.10 Å². The highest BCUT2D eigenvalue weighted by Gasteiger charge is 2.10. The summed E-state index contributed by atoms with van der Waals surface area (Å²) in [6, 6.07) is 5.80. The van der Waals surface area contributed by atoms with Crippen molar-refractivity contribution in [1.82, 2.24) is 15.0 Å².